The van der Waals surface area contributed by atoms with Gasteiger partial charge in [0.1, 0.15) is 19.3 Å². The van der Waals surface area contributed by atoms with Crippen molar-refractivity contribution in [3.05, 3.63) is 87.9 Å². The Kier molecular flexibility index (Phi) is 7.76. The van der Waals surface area contributed by atoms with Gasteiger partial charge in [-0.15, -0.1) is 0 Å². The number of nitrogens with zero attached hydrogens (tertiary/aromatic N) is 2. The van der Waals surface area contributed by atoms with Crippen molar-refractivity contribution in [1.29, 1.82) is 0 Å². The summed E-state index contributed by atoms with van der Waals surface area (Å²) in [6.07, 6.45) is 4.72. The molecule has 0 bridgehead atoms. The number of benzene rings is 2. The number of carbonyl (C=O) groups is 1. The molecule has 1 heterocycles. The van der Waals surface area contributed by atoms with Crippen LogP contribution in [-0.2, 0) is 32.8 Å². The van der Waals surface area contributed by atoms with E-state index in [4.69, 9.17) is 32.7 Å². The zero-order valence-electron chi connectivity index (χ0n) is 17.8. The molecule has 1 unspecified atom stereocenters. The number of hydrogen-bond acceptors (Lipinski definition) is 4. The number of halogens is 2. The van der Waals surface area contributed by atoms with Crippen molar-refractivity contribution in [2.75, 3.05) is 6.61 Å². The molecule has 0 amide bonds. The molecule has 5 nitrogen and oxygen atoms in total. The van der Waals surface area contributed by atoms with Gasteiger partial charge in [-0.05, 0) is 28.7 Å². The number of esters is 1. The molecule has 0 radical (unpaired) electrons. The Morgan fingerprint density at radius 1 is 1.13 bits per heavy atom. The van der Waals surface area contributed by atoms with E-state index in [0.717, 1.165) is 11.1 Å². The fourth-order valence-corrected chi connectivity index (χ4v) is 3.59. The summed E-state index contributed by atoms with van der Waals surface area (Å²) < 4.78 is 13.1. The highest BCUT2D eigenvalue weighted by Gasteiger charge is 2.19. The van der Waals surface area contributed by atoms with Gasteiger partial charge in [-0.3, -0.25) is 0 Å². The number of rotatable bonds is 8. The predicted octanol–water partition coefficient (Wildman–Crippen LogP) is 5.99. The highest BCUT2D eigenvalue weighted by Crippen LogP contribution is 2.30. The standard InChI is InChI=1S/C24H26Cl2N2O3/c1-24(2,3)18-6-4-17(5-7-18)14-31-23(29)15-30-22(13-28-11-10-27-16-28)20-9-8-19(25)12-21(20)26/h4-12,16,22H,13-15H2,1-3H3. The molecular formula is C24H26Cl2N2O3. The lowest BCUT2D eigenvalue weighted by atomic mass is 9.87. The second-order valence-electron chi connectivity index (χ2n) is 8.33. The van der Waals surface area contributed by atoms with Gasteiger partial charge in [0.15, 0.2) is 0 Å². The lowest BCUT2D eigenvalue weighted by Gasteiger charge is -2.20. The van der Waals surface area contributed by atoms with Crippen LogP contribution in [0.25, 0.3) is 0 Å². The second kappa shape index (κ2) is 10.3. The first kappa shape index (κ1) is 23.3. The van der Waals surface area contributed by atoms with E-state index >= 15 is 0 Å². The summed E-state index contributed by atoms with van der Waals surface area (Å²) in [4.78, 5) is 16.3. The number of aromatic nitrogens is 2. The van der Waals surface area contributed by atoms with Gasteiger partial charge in [-0.2, -0.15) is 0 Å². The van der Waals surface area contributed by atoms with Crippen LogP contribution in [0.1, 0.15) is 43.6 Å². The summed E-state index contributed by atoms with van der Waals surface area (Å²) in [5.41, 5.74) is 2.98. The molecule has 0 aliphatic carbocycles. The largest absolute Gasteiger partial charge is 0.459 e. The van der Waals surface area contributed by atoms with Gasteiger partial charge in [0, 0.05) is 28.0 Å². The molecule has 0 spiro atoms. The average molecular weight is 461 g/mol. The van der Waals surface area contributed by atoms with E-state index in [0.29, 0.717) is 16.6 Å². The Labute approximate surface area is 192 Å². The molecular weight excluding hydrogens is 435 g/mol. The van der Waals surface area contributed by atoms with Gasteiger partial charge in [0.25, 0.3) is 0 Å². The maximum atomic E-state index is 12.3. The lowest BCUT2D eigenvalue weighted by Crippen LogP contribution is -2.19. The minimum Gasteiger partial charge on any atom is -0.459 e. The molecule has 0 aliphatic heterocycles. The van der Waals surface area contributed by atoms with Crippen molar-refractivity contribution in [2.24, 2.45) is 0 Å². The molecule has 164 valence electrons. The van der Waals surface area contributed by atoms with Crippen LogP contribution in [0, 0.1) is 0 Å². The van der Waals surface area contributed by atoms with Crippen LogP contribution in [0.2, 0.25) is 10.0 Å². The third kappa shape index (κ3) is 6.82. The summed E-state index contributed by atoms with van der Waals surface area (Å²) in [5.74, 6) is -0.444. The summed E-state index contributed by atoms with van der Waals surface area (Å²) in [5, 5.41) is 1.01. The number of ether oxygens (including phenoxy) is 2. The Bertz CT molecular complexity index is 997. The molecule has 7 heteroatoms. The van der Waals surface area contributed by atoms with E-state index in [2.05, 4.69) is 37.9 Å². The maximum Gasteiger partial charge on any atom is 0.332 e. The molecule has 1 atom stereocenters. The molecule has 0 saturated heterocycles. The number of hydrogen-bond donors (Lipinski definition) is 0. The van der Waals surface area contributed by atoms with Crippen molar-refractivity contribution in [3.63, 3.8) is 0 Å². The van der Waals surface area contributed by atoms with Crippen molar-refractivity contribution in [1.82, 2.24) is 9.55 Å². The normalized spacial score (nSPS) is 12.5. The van der Waals surface area contributed by atoms with Crippen molar-refractivity contribution in [3.8, 4) is 0 Å². The van der Waals surface area contributed by atoms with Crippen LogP contribution in [0.5, 0.6) is 0 Å². The summed E-state index contributed by atoms with van der Waals surface area (Å²) in [6.45, 7) is 6.92. The molecule has 3 rings (SSSR count). The van der Waals surface area contributed by atoms with Crippen molar-refractivity contribution in [2.45, 2.75) is 45.4 Å². The zero-order valence-corrected chi connectivity index (χ0v) is 19.4. The van der Waals surface area contributed by atoms with Gasteiger partial charge in [-0.25, -0.2) is 9.78 Å². The first-order valence-corrected chi connectivity index (χ1v) is 10.8. The molecule has 0 N–H and O–H groups in total. The maximum absolute atomic E-state index is 12.3. The van der Waals surface area contributed by atoms with Crippen molar-refractivity contribution >= 4 is 29.2 Å². The van der Waals surface area contributed by atoms with Crippen molar-refractivity contribution < 1.29 is 14.3 Å². The Hall–Kier alpha value is -2.34. The fourth-order valence-electron chi connectivity index (χ4n) is 3.06. The number of imidazole rings is 1. The minimum atomic E-state index is -0.461. The monoisotopic (exact) mass is 460 g/mol. The Morgan fingerprint density at radius 2 is 1.87 bits per heavy atom. The minimum absolute atomic E-state index is 0.0796. The van der Waals surface area contributed by atoms with Crippen LogP contribution >= 0.6 is 23.2 Å². The highest BCUT2D eigenvalue weighted by atomic mass is 35.5. The van der Waals surface area contributed by atoms with Gasteiger partial charge < -0.3 is 14.0 Å². The van der Waals surface area contributed by atoms with Crippen LogP contribution in [0.15, 0.2) is 61.2 Å². The first-order valence-electron chi connectivity index (χ1n) is 10.00. The highest BCUT2D eigenvalue weighted by molar-refractivity contribution is 6.35. The molecule has 2 aromatic carbocycles. The second-order valence-corrected chi connectivity index (χ2v) is 9.18. The van der Waals surface area contributed by atoms with Gasteiger partial charge >= 0.3 is 5.97 Å². The molecule has 0 saturated carbocycles. The van der Waals surface area contributed by atoms with Gasteiger partial charge in [0.2, 0.25) is 0 Å². The molecule has 0 fully saturated rings. The van der Waals surface area contributed by atoms with Crippen LogP contribution < -0.4 is 0 Å². The van der Waals surface area contributed by atoms with E-state index in [1.807, 2.05) is 22.9 Å². The van der Waals surface area contributed by atoms with E-state index < -0.39 is 12.1 Å². The smallest absolute Gasteiger partial charge is 0.332 e. The van der Waals surface area contributed by atoms with E-state index in [9.17, 15) is 4.79 Å². The van der Waals surface area contributed by atoms with E-state index in [1.54, 1.807) is 30.7 Å². The average Bonchev–Trinajstić information content (AvgIpc) is 3.22. The SMILES string of the molecule is CC(C)(C)c1ccc(COC(=O)COC(Cn2ccnc2)c2ccc(Cl)cc2Cl)cc1. The molecule has 0 aliphatic rings. The fraction of sp³-hybridized carbons (Fsp3) is 0.333. The van der Waals surface area contributed by atoms with Crippen LogP contribution in [0.4, 0.5) is 0 Å². The van der Waals surface area contributed by atoms with Crippen LogP contribution in [0.3, 0.4) is 0 Å². The van der Waals surface area contributed by atoms with E-state index in [1.165, 1.54) is 5.56 Å². The lowest BCUT2D eigenvalue weighted by molar-refractivity contribution is -0.152. The van der Waals surface area contributed by atoms with Gasteiger partial charge in [0.05, 0.1) is 12.9 Å². The Morgan fingerprint density at radius 3 is 2.48 bits per heavy atom. The molecule has 3 aromatic rings. The summed E-state index contributed by atoms with van der Waals surface area (Å²) in [6, 6.07) is 13.3. The van der Waals surface area contributed by atoms with Gasteiger partial charge in [-0.1, -0.05) is 74.3 Å². The third-order valence-electron chi connectivity index (χ3n) is 4.87. The topological polar surface area (TPSA) is 53.4 Å². The van der Waals surface area contributed by atoms with Crippen LogP contribution in [-0.4, -0.2) is 22.1 Å². The predicted molar refractivity (Wildman–Crippen MR) is 122 cm³/mol. The summed E-state index contributed by atoms with van der Waals surface area (Å²) in [7, 11) is 0. The Balaban J connectivity index is 1.59. The molecule has 1 aromatic heterocycles. The summed E-state index contributed by atoms with van der Waals surface area (Å²) >= 11 is 12.4. The third-order valence-corrected chi connectivity index (χ3v) is 5.43. The van der Waals surface area contributed by atoms with E-state index in [-0.39, 0.29) is 18.6 Å². The molecule has 31 heavy (non-hydrogen) atoms. The zero-order chi connectivity index (χ0) is 22.4. The first-order chi connectivity index (χ1) is 14.7. The number of carbonyl (C=O) groups excluding carboxylic acids is 1. The quantitative estimate of drug-likeness (QED) is 0.387.